The standard InChI is InChI=1S/C18H19NO3/c1-21-14-5-4-12-6-7-19(11-13(12)9-14)18(20)16-10-15(16)17-3-2-8-22-17/h2-5,8-9,15-16H,6-7,10-11H2,1H3. The van der Waals surface area contributed by atoms with E-state index in [1.54, 1.807) is 13.4 Å². The molecule has 0 N–H and O–H groups in total. The number of amides is 1. The molecule has 2 heterocycles. The van der Waals surface area contributed by atoms with Crippen LogP contribution in [0, 0.1) is 5.92 Å². The first-order valence-electron chi connectivity index (χ1n) is 7.74. The van der Waals surface area contributed by atoms with Crippen LogP contribution >= 0.6 is 0 Å². The molecule has 0 bridgehead atoms. The zero-order chi connectivity index (χ0) is 15.1. The summed E-state index contributed by atoms with van der Waals surface area (Å²) in [4.78, 5) is 14.7. The number of carbonyl (C=O) groups excluding carboxylic acids is 1. The molecule has 1 saturated carbocycles. The van der Waals surface area contributed by atoms with Crippen LogP contribution in [0.4, 0.5) is 0 Å². The van der Waals surface area contributed by atoms with Gasteiger partial charge in [0.05, 0.1) is 13.4 Å². The van der Waals surface area contributed by atoms with Crippen LogP contribution in [0.5, 0.6) is 5.75 Å². The first-order chi connectivity index (χ1) is 10.8. The predicted molar refractivity (Wildman–Crippen MR) is 81.7 cm³/mol. The second kappa shape index (κ2) is 5.20. The molecule has 2 aromatic rings. The Balaban J connectivity index is 1.47. The molecule has 114 valence electrons. The van der Waals surface area contributed by atoms with Gasteiger partial charge in [-0.05, 0) is 48.2 Å². The van der Waals surface area contributed by atoms with Gasteiger partial charge < -0.3 is 14.1 Å². The summed E-state index contributed by atoms with van der Waals surface area (Å²) in [6, 6.07) is 10.0. The number of fused-ring (bicyclic) bond motifs is 1. The van der Waals surface area contributed by atoms with Crippen LogP contribution < -0.4 is 4.74 Å². The molecule has 22 heavy (non-hydrogen) atoms. The Morgan fingerprint density at radius 2 is 2.23 bits per heavy atom. The van der Waals surface area contributed by atoms with Crippen molar-refractivity contribution >= 4 is 5.91 Å². The number of ether oxygens (including phenoxy) is 1. The number of furan rings is 1. The molecule has 2 unspecified atom stereocenters. The summed E-state index contributed by atoms with van der Waals surface area (Å²) in [6.45, 7) is 1.49. The van der Waals surface area contributed by atoms with Gasteiger partial charge in [-0.3, -0.25) is 4.79 Å². The molecule has 1 aromatic heterocycles. The Kier molecular flexibility index (Phi) is 3.17. The molecule has 2 atom stereocenters. The lowest BCUT2D eigenvalue weighted by Gasteiger charge is -2.29. The number of hydrogen-bond acceptors (Lipinski definition) is 3. The van der Waals surface area contributed by atoms with Crippen LogP contribution in [0.2, 0.25) is 0 Å². The van der Waals surface area contributed by atoms with Gasteiger partial charge in [-0.2, -0.15) is 0 Å². The van der Waals surface area contributed by atoms with E-state index in [2.05, 4.69) is 6.07 Å². The predicted octanol–water partition coefficient (Wildman–Crippen LogP) is 2.98. The Morgan fingerprint density at radius 3 is 3.00 bits per heavy atom. The van der Waals surface area contributed by atoms with E-state index in [1.165, 1.54) is 11.1 Å². The number of nitrogens with zero attached hydrogens (tertiary/aromatic N) is 1. The Morgan fingerprint density at radius 1 is 1.32 bits per heavy atom. The van der Waals surface area contributed by atoms with Gasteiger partial charge in [0.1, 0.15) is 11.5 Å². The van der Waals surface area contributed by atoms with Crippen molar-refractivity contribution in [2.45, 2.75) is 25.3 Å². The van der Waals surface area contributed by atoms with Gasteiger partial charge >= 0.3 is 0 Å². The summed E-state index contributed by atoms with van der Waals surface area (Å²) in [5.41, 5.74) is 2.53. The van der Waals surface area contributed by atoms with Crippen molar-refractivity contribution in [2.24, 2.45) is 5.92 Å². The highest BCUT2D eigenvalue weighted by Gasteiger charge is 2.47. The lowest BCUT2D eigenvalue weighted by atomic mass is 9.99. The average Bonchev–Trinajstić information content (AvgIpc) is 3.17. The first-order valence-corrected chi connectivity index (χ1v) is 7.74. The van der Waals surface area contributed by atoms with Gasteiger partial charge in [-0.25, -0.2) is 0 Å². The molecular formula is C18H19NO3. The normalized spacial score (nSPS) is 23.0. The number of carbonyl (C=O) groups is 1. The number of hydrogen-bond donors (Lipinski definition) is 0. The molecule has 1 aliphatic heterocycles. The molecule has 0 saturated heterocycles. The SMILES string of the molecule is COc1ccc2c(c1)CN(C(=O)C1CC1c1ccco1)CC2. The van der Waals surface area contributed by atoms with Crippen molar-refractivity contribution in [2.75, 3.05) is 13.7 Å². The molecule has 1 fully saturated rings. The third-order valence-corrected chi connectivity index (χ3v) is 4.75. The summed E-state index contributed by atoms with van der Waals surface area (Å²) < 4.78 is 10.7. The fourth-order valence-electron chi connectivity index (χ4n) is 3.37. The minimum atomic E-state index is 0.0957. The third-order valence-electron chi connectivity index (χ3n) is 4.75. The van der Waals surface area contributed by atoms with Crippen LogP contribution in [0.3, 0.4) is 0 Å². The molecule has 0 radical (unpaired) electrons. The highest BCUT2D eigenvalue weighted by molar-refractivity contribution is 5.83. The summed E-state index contributed by atoms with van der Waals surface area (Å²) >= 11 is 0. The van der Waals surface area contributed by atoms with E-state index in [-0.39, 0.29) is 17.7 Å². The van der Waals surface area contributed by atoms with E-state index in [0.717, 1.165) is 30.9 Å². The molecule has 1 aromatic carbocycles. The Hall–Kier alpha value is -2.23. The fourth-order valence-corrected chi connectivity index (χ4v) is 3.37. The van der Waals surface area contributed by atoms with Crippen molar-refractivity contribution in [1.29, 1.82) is 0 Å². The van der Waals surface area contributed by atoms with E-state index in [9.17, 15) is 4.79 Å². The fraction of sp³-hybridized carbons (Fsp3) is 0.389. The van der Waals surface area contributed by atoms with Gasteiger partial charge in [0.25, 0.3) is 0 Å². The van der Waals surface area contributed by atoms with Crippen molar-refractivity contribution in [3.8, 4) is 5.75 Å². The van der Waals surface area contributed by atoms with Crippen molar-refractivity contribution in [3.05, 3.63) is 53.5 Å². The topological polar surface area (TPSA) is 42.7 Å². The molecule has 1 amide bonds. The number of methoxy groups -OCH3 is 1. The van der Waals surface area contributed by atoms with Crippen LogP contribution in [0.1, 0.15) is 29.2 Å². The maximum absolute atomic E-state index is 12.7. The summed E-state index contributed by atoms with van der Waals surface area (Å²) in [5, 5.41) is 0. The molecule has 2 aliphatic rings. The molecule has 4 nitrogen and oxygen atoms in total. The van der Waals surface area contributed by atoms with Crippen molar-refractivity contribution in [1.82, 2.24) is 4.90 Å². The zero-order valence-electron chi connectivity index (χ0n) is 12.6. The van der Waals surface area contributed by atoms with Crippen LogP contribution in [0.15, 0.2) is 41.0 Å². The van der Waals surface area contributed by atoms with E-state index >= 15 is 0 Å². The maximum Gasteiger partial charge on any atom is 0.226 e. The minimum Gasteiger partial charge on any atom is -0.497 e. The van der Waals surface area contributed by atoms with Crippen molar-refractivity contribution < 1.29 is 13.9 Å². The second-order valence-corrected chi connectivity index (χ2v) is 6.11. The van der Waals surface area contributed by atoms with Gasteiger partial charge in [-0.15, -0.1) is 0 Å². The molecule has 4 rings (SSSR count). The molecule has 1 aliphatic carbocycles. The lowest BCUT2D eigenvalue weighted by Crippen LogP contribution is -2.37. The Bertz CT molecular complexity index is 692. The monoisotopic (exact) mass is 297 g/mol. The summed E-state index contributed by atoms with van der Waals surface area (Å²) in [6.07, 6.45) is 3.51. The second-order valence-electron chi connectivity index (χ2n) is 6.11. The Labute approximate surface area is 129 Å². The largest absolute Gasteiger partial charge is 0.497 e. The van der Waals surface area contributed by atoms with E-state index in [0.29, 0.717) is 6.54 Å². The van der Waals surface area contributed by atoms with E-state index < -0.39 is 0 Å². The van der Waals surface area contributed by atoms with Gasteiger partial charge in [0.15, 0.2) is 0 Å². The zero-order valence-corrected chi connectivity index (χ0v) is 12.6. The highest BCUT2D eigenvalue weighted by atomic mass is 16.5. The summed E-state index contributed by atoms with van der Waals surface area (Å²) in [5.74, 6) is 2.42. The van der Waals surface area contributed by atoms with Crippen LogP contribution in [-0.4, -0.2) is 24.5 Å². The molecule has 0 spiro atoms. The van der Waals surface area contributed by atoms with Gasteiger partial charge in [0, 0.05) is 24.9 Å². The average molecular weight is 297 g/mol. The number of benzene rings is 1. The molecular weight excluding hydrogens is 278 g/mol. The molecule has 4 heteroatoms. The van der Waals surface area contributed by atoms with Gasteiger partial charge in [-0.1, -0.05) is 6.07 Å². The minimum absolute atomic E-state index is 0.0957. The van der Waals surface area contributed by atoms with E-state index in [1.807, 2.05) is 29.2 Å². The van der Waals surface area contributed by atoms with Crippen LogP contribution in [0.25, 0.3) is 0 Å². The van der Waals surface area contributed by atoms with Gasteiger partial charge in [0.2, 0.25) is 5.91 Å². The van der Waals surface area contributed by atoms with E-state index in [4.69, 9.17) is 9.15 Å². The third kappa shape index (κ3) is 2.28. The lowest BCUT2D eigenvalue weighted by molar-refractivity contribution is -0.133. The highest BCUT2D eigenvalue weighted by Crippen LogP contribution is 2.49. The van der Waals surface area contributed by atoms with Crippen molar-refractivity contribution in [3.63, 3.8) is 0 Å². The smallest absolute Gasteiger partial charge is 0.226 e. The summed E-state index contributed by atoms with van der Waals surface area (Å²) in [7, 11) is 1.67. The first kappa shape index (κ1) is 13.4. The maximum atomic E-state index is 12.7. The van der Waals surface area contributed by atoms with Crippen LogP contribution in [-0.2, 0) is 17.8 Å². The quantitative estimate of drug-likeness (QED) is 0.874. The number of rotatable bonds is 3.